The minimum Gasteiger partial charge on any atom is -0.378 e. The third kappa shape index (κ3) is 9.31. The molecular weight excluding hydrogens is 228 g/mol. The molecule has 4 nitrogen and oxygen atoms in total. The fraction of sp³-hybridized carbons (Fsp3) is 0.857. The predicted octanol–water partition coefficient (Wildman–Crippen LogP) is 2.03. The van der Waals surface area contributed by atoms with Crippen LogP contribution in [0.5, 0.6) is 0 Å². The first-order valence-electron chi connectivity index (χ1n) is 6.49. The van der Waals surface area contributed by atoms with Gasteiger partial charge in [0.2, 0.25) is 0 Å². The molecule has 0 N–H and O–H groups in total. The molecule has 0 aromatic rings. The average Bonchev–Trinajstić information content (AvgIpc) is 2.21. The van der Waals surface area contributed by atoms with Gasteiger partial charge in [0.15, 0.2) is 0 Å². The Labute approximate surface area is 111 Å². The second kappa shape index (κ2) is 8.38. The number of Topliss-reactive ketones (excluding diaryl/α,β-unsaturated/α-hetero) is 1. The Kier molecular flexibility index (Phi) is 8.03. The number of carbonyl (C=O) groups is 1. The standard InChI is InChI=1S/C14H28N2O2/c1-12(11-13(17)14(2,3)4)15-7-9-18-10-8-16(5)6/h7-11H2,1-6H3/b15-12-. The summed E-state index contributed by atoms with van der Waals surface area (Å²) in [6, 6.07) is 0. The Morgan fingerprint density at radius 1 is 1.22 bits per heavy atom. The van der Waals surface area contributed by atoms with Crippen LogP contribution in [-0.4, -0.2) is 56.8 Å². The van der Waals surface area contributed by atoms with E-state index in [9.17, 15) is 4.79 Å². The minimum atomic E-state index is -0.279. The Morgan fingerprint density at radius 3 is 2.33 bits per heavy atom. The van der Waals surface area contributed by atoms with Crippen molar-refractivity contribution in [2.45, 2.75) is 34.1 Å². The molecule has 0 atom stereocenters. The lowest BCUT2D eigenvalue weighted by Crippen LogP contribution is -2.22. The third-order valence-corrected chi connectivity index (χ3v) is 2.55. The van der Waals surface area contributed by atoms with Crippen molar-refractivity contribution < 1.29 is 9.53 Å². The maximum absolute atomic E-state index is 11.8. The van der Waals surface area contributed by atoms with Gasteiger partial charge in [-0.2, -0.15) is 0 Å². The van der Waals surface area contributed by atoms with E-state index >= 15 is 0 Å². The van der Waals surface area contributed by atoms with Crippen LogP contribution in [0.15, 0.2) is 4.99 Å². The molecule has 0 aromatic carbocycles. The van der Waals surface area contributed by atoms with Crippen molar-refractivity contribution in [2.75, 3.05) is 40.4 Å². The fourth-order valence-corrected chi connectivity index (χ4v) is 1.20. The molecule has 0 bridgehead atoms. The highest BCUT2D eigenvalue weighted by molar-refractivity contribution is 6.02. The summed E-state index contributed by atoms with van der Waals surface area (Å²) in [5, 5.41) is 0. The molecule has 18 heavy (non-hydrogen) atoms. The van der Waals surface area contributed by atoms with Gasteiger partial charge in [-0.25, -0.2) is 0 Å². The van der Waals surface area contributed by atoms with E-state index in [0.29, 0.717) is 19.6 Å². The molecule has 106 valence electrons. The highest BCUT2D eigenvalue weighted by Gasteiger charge is 2.21. The Hall–Kier alpha value is -0.740. The zero-order valence-corrected chi connectivity index (χ0v) is 12.7. The lowest BCUT2D eigenvalue weighted by atomic mass is 9.88. The predicted molar refractivity (Wildman–Crippen MR) is 76.4 cm³/mol. The quantitative estimate of drug-likeness (QED) is 0.493. The number of aliphatic imine (C=N–C) groups is 1. The molecule has 0 rings (SSSR count). The summed E-state index contributed by atoms with van der Waals surface area (Å²) in [4.78, 5) is 18.2. The smallest absolute Gasteiger partial charge is 0.143 e. The number of ketones is 1. The molecule has 0 fully saturated rings. The summed E-state index contributed by atoms with van der Waals surface area (Å²) in [6.45, 7) is 10.6. The van der Waals surface area contributed by atoms with E-state index in [2.05, 4.69) is 9.89 Å². The van der Waals surface area contributed by atoms with Crippen LogP contribution < -0.4 is 0 Å². The summed E-state index contributed by atoms with van der Waals surface area (Å²) >= 11 is 0. The minimum absolute atomic E-state index is 0.234. The molecule has 0 amide bonds. The van der Waals surface area contributed by atoms with Crippen molar-refractivity contribution in [1.82, 2.24) is 4.90 Å². The second-order valence-corrected chi connectivity index (χ2v) is 5.88. The topological polar surface area (TPSA) is 41.9 Å². The number of hydrogen-bond donors (Lipinski definition) is 0. The average molecular weight is 256 g/mol. The van der Waals surface area contributed by atoms with Crippen molar-refractivity contribution >= 4 is 11.5 Å². The third-order valence-electron chi connectivity index (χ3n) is 2.55. The molecule has 0 aliphatic rings. The summed E-state index contributed by atoms with van der Waals surface area (Å²) in [5.41, 5.74) is 0.616. The van der Waals surface area contributed by atoms with Crippen LogP contribution in [0.2, 0.25) is 0 Å². The van der Waals surface area contributed by atoms with Crippen molar-refractivity contribution in [1.29, 1.82) is 0 Å². The largest absolute Gasteiger partial charge is 0.378 e. The van der Waals surface area contributed by atoms with E-state index in [-0.39, 0.29) is 11.2 Å². The number of carbonyl (C=O) groups excluding carboxylic acids is 1. The second-order valence-electron chi connectivity index (χ2n) is 5.88. The zero-order valence-electron chi connectivity index (χ0n) is 12.7. The molecule has 0 unspecified atom stereocenters. The van der Waals surface area contributed by atoms with E-state index in [1.165, 1.54) is 0 Å². The van der Waals surface area contributed by atoms with E-state index < -0.39 is 0 Å². The highest BCUT2D eigenvalue weighted by Crippen LogP contribution is 2.16. The monoisotopic (exact) mass is 256 g/mol. The molecule has 0 saturated carbocycles. The molecule has 0 aliphatic carbocycles. The Balaban J connectivity index is 3.75. The number of rotatable bonds is 8. The molecule has 0 spiro atoms. The Bertz CT molecular complexity index is 278. The van der Waals surface area contributed by atoms with Gasteiger partial charge in [-0.15, -0.1) is 0 Å². The van der Waals surface area contributed by atoms with Gasteiger partial charge in [0.25, 0.3) is 0 Å². The number of likely N-dealkylation sites (N-methyl/N-ethyl adjacent to an activating group) is 1. The molecule has 0 heterocycles. The van der Waals surface area contributed by atoms with Crippen molar-refractivity contribution in [3.8, 4) is 0 Å². The summed E-state index contributed by atoms with van der Waals surface area (Å²) in [6.07, 6.45) is 0.446. The van der Waals surface area contributed by atoms with Gasteiger partial charge in [0.05, 0.1) is 19.8 Å². The van der Waals surface area contributed by atoms with Gasteiger partial charge in [0, 0.05) is 24.1 Å². The van der Waals surface area contributed by atoms with Gasteiger partial charge in [-0.1, -0.05) is 20.8 Å². The van der Waals surface area contributed by atoms with E-state index in [1.807, 2.05) is 41.8 Å². The highest BCUT2D eigenvalue weighted by atomic mass is 16.5. The lowest BCUT2D eigenvalue weighted by Gasteiger charge is -2.16. The van der Waals surface area contributed by atoms with Gasteiger partial charge >= 0.3 is 0 Å². The summed E-state index contributed by atoms with van der Waals surface area (Å²) in [7, 11) is 4.04. The number of hydrogen-bond acceptors (Lipinski definition) is 4. The fourth-order valence-electron chi connectivity index (χ4n) is 1.20. The number of nitrogens with zero attached hydrogens (tertiary/aromatic N) is 2. The first kappa shape index (κ1) is 17.3. The van der Waals surface area contributed by atoms with Crippen LogP contribution >= 0.6 is 0 Å². The number of ether oxygens (including phenoxy) is 1. The maximum Gasteiger partial charge on any atom is 0.143 e. The Morgan fingerprint density at radius 2 is 1.83 bits per heavy atom. The van der Waals surface area contributed by atoms with Crippen molar-refractivity contribution in [3.05, 3.63) is 0 Å². The lowest BCUT2D eigenvalue weighted by molar-refractivity contribution is -0.125. The van der Waals surface area contributed by atoms with Crippen LogP contribution in [0.4, 0.5) is 0 Å². The van der Waals surface area contributed by atoms with E-state index in [0.717, 1.165) is 18.9 Å². The van der Waals surface area contributed by atoms with Crippen molar-refractivity contribution in [3.63, 3.8) is 0 Å². The molecule has 4 heteroatoms. The van der Waals surface area contributed by atoms with Crippen LogP contribution in [0.1, 0.15) is 34.1 Å². The van der Waals surface area contributed by atoms with E-state index in [1.54, 1.807) is 0 Å². The van der Waals surface area contributed by atoms with Crippen LogP contribution in [0, 0.1) is 5.41 Å². The normalized spacial score (nSPS) is 13.2. The molecule has 0 aliphatic heterocycles. The van der Waals surface area contributed by atoms with Gasteiger partial charge < -0.3 is 9.64 Å². The first-order valence-corrected chi connectivity index (χ1v) is 6.49. The van der Waals surface area contributed by atoms with E-state index in [4.69, 9.17) is 4.74 Å². The SMILES string of the molecule is C/C(CC(=O)C(C)(C)C)=N/CCOCCN(C)C. The molecular formula is C14H28N2O2. The molecule has 0 saturated heterocycles. The van der Waals surface area contributed by atoms with Crippen LogP contribution in [0.25, 0.3) is 0 Å². The molecule has 0 radical (unpaired) electrons. The van der Waals surface area contributed by atoms with Gasteiger partial charge in [0.1, 0.15) is 5.78 Å². The molecule has 0 aromatic heterocycles. The zero-order chi connectivity index (χ0) is 14.2. The van der Waals surface area contributed by atoms with Crippen LogP contribution in [0.3, 0.4) is 0 Å². The van der Waals surface area contributed by atoms with Gasteiger partial charge in [-0.05, 0) is 21.0 Å². The van der Waals surface area contributed by atoms with Crippen molar-refractivity contribution in [2.24, 2.45) is 10.4 Å². The summed E-state index contributed by atoms with van der Waals surface area (Å²) < 4.78 is 5.43. The first-order chi connectivity index (χ1) is 8.23. The maximum atomic E-state index is 11.8. The summed E-state index contributed by atoms with van der Waals surface area (Å²) in [5.74, 6) is 0.234. The van der Waals surface area contributed by atoms with Gasteiger partial charge in [-0.3, -0.25) is 9.79 Å². The van der Waals surface area contributed by atoms with Crippen LogP contribution in [-0.2, 0) is 9.53 Å².